The Morgan fingerprint density at radius 2 is 2.00 bits per heavy atom. The Kier molecular flexibility index (Phi) is 7.31. The van der Waals surface area contributed by atoms with Gasteiger partial charge in [0.15, 0.2) is 0 Å². The van der Waals surface area contributed by atoms with Crippen LogP contribution in [0, 0.1) is 0 Å². The van der Waals surface area contributed by atoms with Crippen LogP contribution in [0.1, 0.15) is 27.2 Å². The Morgan fingerprint density at radius 3 is 2.50 bits per heavy atom. The summed E-state index contributed by atoms with van der Waals surface area (Å²) in [6, 6.07) is 0. The molecule has 0 aliphatic carbocycles. The highest BCUT2D eigenvalue weighted by Crippen LogP contribution is 2.36. The number of hydrogen-bond donors (Lipinski definition) is 0. The average molecular weight is 208 g/mol. The molecule has 0 aromatic heterocycles. The van der Waals surface area contributed by atoms with E-state index < -0.39 is 0 Å². The minimum absolute atomic E-state index is 1.16. The highest BCUT2D eigenvalue weighted by atomic mass is 32.2. The molecule has 1 aliphatic rings. The van der Waals surface area contributed by atoms with Gasteiger partial charge in [-0.2, -0.15) is 0 Å². The predicted molar refractivity (Wildman–Crippen MR) is 69.6 cm³/mol. The smallest absolute Gasteiger partial charge is 0.0133 e. The molecule has 0 aromatic rings. The molecule has 0 nitrogen and oxygen atoms in total. The molecule has 0 aromatic carbocycles. The molecule has 0 atom stereocenters. The standard InChI is InChI=1S/C11H14S.C2H6/c1-4-6-9(3)11-10(5-2)7-8-12-11;1-2/h4-6H,1-2,7-8H2,3H3;1-2H3/b9-6-;. The van der Waals surface area contributed by atoms with Gasteiger partial charge >= 0.3 is 0 Å². The summed E-state index contributed by atoms with van der Waals surface area (Å²) < 4.78 is 0. The maximum atomic E-state index is 3.81. The second-order valence-electron chi connectivity index (χ2n) is 2.74. The molecule has 0 spiro atoms. The molecule has 0 bridgehead atoms. The van der Waals surface area contributed by atoms with Crippen molar-refractivity contribution in [3.8, 4) is 0 Å². The highest BCUT2D eigenvalue weighted by molar-refractivity contribution is 8.03. The van der Waals surface area contributed by atoms with Gasteiger partial charge in [0.25, 0.3) is 0 Å². The molecule has 0 unspecified atom stereocenters. The summed E-state index contributed by atoms with van der Waals surface area (Å²) in [5.74, 6) is 1.19. The van der Waals surface area contributed by atoms with Crippen molar-refractivity contribution in [1.82, 2.24) is 0 Å². The lowest BCUT2D eigenvalue weighted by atomic mass is 10.1. The number of allylic oxidation sites excluding steroid dienone is 5. The van der Waals surface area contributed by atoms with Crippen molar-refractivity contribution in [2.45, 2.75) is 27.2 Å². The van der Waals surface area contributed by atoms with Crippen LogP contribution in [0.3, 0.4) is 0 Å². The predicted octanol–water partition coefficient (Wildman–Crippen LogP) is 4.72. The third kappa shape index (κ3) is 3.59. The van der Waals surface area contributed by atoms with Crippen LogP contribution >= 0.6 is 11.8 Å². The number of hydrogen-bond acceptors (Lipinski definition) is 1. The summed E-state index contributed by atoms with van der Waals surface area (Å²) >= 11 is 1.92. The van der Waals surface area contributed by atoms with Crippen LogP contribution in [0.5, 0.6) is 0 Å². The zero-order valence-electron chi connectivity index (χ0n) is 9.47. The molecule has 1 rings (SSSR count). The third-order valence-corrected chi connectivity index (χ3v) is 3.16. The fourth-order valence-electron chi connectivity index (χ4n) is 1.28. The molecule has 0 saturated heterocycles. The van der Waals surface area contributed by atoms with Crippen LogP contribution in [-0.2, 0) is 0 Å². The summed E-state index contributed by atoms with van der Waals surface area (Å²) in [7, 11) is 0. The van der Waals surface area contributed by atoms with Crippen molar-refractivity contribution < 1.29 is 0 Å². The van der Waals surface area contributed by atoms with Crippen molar-refractivity contribution in [2.75, 3.05) is 5.75 Å². The molecule has 14 heavy (non-hydrogen) atoms. The van der Waals surface area contributed by atoms with E-state index in [1.807, 2.05) is 37.8 Å². The van der Waals surface area contributed by atoms with Gasteiger partial charge in [-0.05, 0) is 24.5 Å². The summed E-state index contributed by atoms with van der Waals surface area (Å²) in [6.07, 6.45) is 7.01. The fourth-order valence-corrected chi connectivity index (χ4v) is 2.48. The van der Waals surface area contributed by atoms with Crippen LogP contribution in [0.25, 0.3) is 0 Å². The van der Waals surface area contributed by atoms with Crippen molar-refractivity contribution in [1.29, 1.82) is 0 Å². The first-order valence-electron chi connectivity index (χ1n) is 5.07. The summed E-state index contributed by atoms with van der Waals surface area (Å²) in [5.41, 5.74) is 2.69. The summed E-state index contributed by atoms with van der Waals surface area (Å²) in [4.78, 5) is 1.39. The SMILES string of the molecule is C=C/C=C(/C)C1=C(C=C)CCS1.CC. The van der Waals surface area contributed by atoms with Gasteiger partial charge in [-0.1, -0.05) is 45.2 Å². The molecule has 0 N–H and O–H groups in total. The molecular formula is C13H20S. The van der Waals surface area contributed by atoms with Gasteiger partial charge in [0.05, 0.1) is 0 Å². The third-order valence-electron chi connectivity index (χ3n) is 1.88. The lowest BCUT2D eigenvalue weighted by molar-refractivity contribution is 1.19. The Balaban J connectivity index is 0.000000791. The van der Waals surface area contributed by atoms with E-state index in [0.29, 0.717) is 0 Å². The van der Waals surface area contributed by atoms with Crippen molar-refractivity contribution >= 4 is 11.8 Å². The first kappa shape index (κ1) is 13.3. The first-order chi connectivity index (χ1) is 6.79. The van der Waals surface area contributed by atoms with E-state index in [4.69, 9.17) is 0 Å². The zero-order chi connectivity index (χ0) is 11.0. The van der Waals surface area contributed by atoms with Gasteiger partial charge in [-0.25, -0.2) is 0 Å². The molecule has 1 heteroatoms. The van der Waals surface area contributed by atoms with Crippen LogP contribution < -0.4 is 0 Å². The molecular weight excluding hydrogens is 188 g/mol. The number of thioether (sulfide) groups is 1. The largest absolute Gasteiger partial charge is 0.125 e. The van der Waals surface area contributed by atoms with Crippen LogP contribution in [-0.4, -0.2) is 5.75 Å². The topological polar surface area (TPSA) is 0 Å². The molecule has 0 radical (unpaired) electrons. The molecule has 0 saturated carbocycles. The second-order valence-corrected chi connectivity index (χ2v) is 3.85. The molecule has 0 fully saturated rings. The van der Waals surface area contributed by atoms with Crippen LogP contribution in [0.2, 0.25) is 0 Å². The van der Waals surface area contributed by atoms with Gasteiger partial charge in [0, 0.05) is 10.7 Å². The molecule has 1 heterocycles. The quantitative estimate of drug-likeness (QED) is 0.605. The lowest BCUT2D eigenvalue weighted by Crippen LogP contribution is -1.79. The summed E-state index contributed by atoms with van der Waals surface area (Å²) in [5, 5.41) is 0. The van der Waals surface area contributed by atoms with Gasteiger partial charge in [-0.3, -0.25) is 0 Å². The highest BCUT2D eigenvalue weighted by Gasteiger charge is 2.13. The van der Waals surface area contributed by atoms with Crippen molar-refractivity contribution in [2.24, 2.45) is 0 Å². The Hall–Kier alpha value is -0.690. The van der Waals surface area contributed by atoms with E-state index in [0.717, 1.165) is 6.42 Å². The van der Waals surface area contributed by atoms with E-state index in [2.05, 4.69) is 26.2 Å². The second kappa shape index (κ2) is 7.69. The van der Waals surface area contributed by atoms with Gasteiger partial charge in [-0.15, -0.1) is 11.8 Å². The zero-order valence-corrected chi connectivity index (χ0v) is 10.3. The van der Waals surface area contributed by atoms with Crippen LogP contribution in [0.4, 0.5) is 0 Å². The number of rotatable bonds is 3. The Bertz CT molecular complexity index is 256. The molecule has 1 aliphatic heterocycles. The van der Waals surface area contributed by atoms with E-state index in [9.17, 15) is 0 Å². The van der Waals surface area contributed by atoms with Crippen molar-refractivity contribution in [3.63, 3.8) is 0 Å². The van der Waals surface area contributed by atoms with E-state index in [-0.39, 0.29) is 0 Å². The van der Waals surface area contributed by atoms with Crippen molar-refractivity contribution in [3.05, 3.63) is 47.4 Å². The van der Waals surface area contributed by atoms with E-state index >= 15 is 0 Å². The lowest BCUT2D eigenvalue weighted by Gasteiger charge is -2.01. The maximum absolute atomic E-state index is 3.81. The van der Waals surface area contributed by atoms with E-state index in [1.54, 1.807) is 0 Å². The molecule has 78 valence electrons. The average Bonchev–Trinajstić information content (AvgIpc) is 2.69. The maximum Gasteiger partial charge on any atom is 0.0133 e. The van der Waals surface area contributed by atoms with Gasteiger partial charge < -0.3 is 0 Å². The molecule has 0 amide bonds. The minimum Gasteiger partial charge on any atom is -0.125 e. The minimum atomic E-state index is 1.16. The first-order valence-corrected chi connectivity index (χ1v) is 6.06. The van der Waals surface area contributed by atoms with Gasteiger partial charge in [0.2, 0.25) is 0 Å². The normalized spacial score (nSPS) is 16.1. The Morgan fingerprint density at radius 1 is 1.36 bits per heavy atom. The van der Waals surface area contributed by atoms with E-state index in [1.165, 1.54) is 21.8 Å². The fraction of sp³-hybridized carbons (Fsp3) is 0.385. The summed E-state index contributed by atoms with van der Waals surface area (Å²) in [6.45, 7) is 13.6. The van der Waals surface area contributed by atoms with Crippen LogP contribution in [0.15, 0.2) is 47.4 Å². The Labute approximate surface area is 92.5 Å². The monoisotopic (exact) mass is 208 g/mol. The van der Waals surface area contributed by atoms with Gasteiger partial charge in [0.1, 0.15) is 0 Å².